The molecule has 1 aliphatic heterocycles. The van der Waals surface area contributed by atoms with Crippen molar-refractivity contribution < 1.29 is 18.8 Å². The van der Waals surface area contributed by atoms with E-state index >= 15 is 0 Å². The lowest BCUT2D eigenvalue weighted by atomic mass is 9.81. The fourth-order valence-corrected chi connectivity index (χ4v) is 5.43. The maximum absolute atomic E-state index is 13.2. The van der Waals surface area contributed by atoms with Crippen LogP contribution in [0, 0.1) is 17.7 Å². The van der Waals surface area contributed by atoms with E-state index in [0.29, 0.717) is 13.0 Å². The van der Waals surface area contributed by atoms with Crippen LogP contribution in [0.4, 0.5) is 4.39 Å². The summed E-state index contributed by atoms with van der Waals surface area (Å²) in [6, 6.07) is 6.64. The van der Waals surface area contributed by atoms with Crippen LogP contribution in [0.1, 0.15) is 63.4 Å². The van der Waals surface area contributed by atoms with Gasteiger partial charge < -0.3 is 4.90 Å². The Morgan fingerprint density at radius 2 is 1.50 bits per heavy atom. The van der Waals surface area contributed by atoms with Gasteiger partial charge >= 0.3 is 0 Å². The lowest BCUT2D eigenvalue weighted by molar-refractivity contribution is -0.141. The van der Waals surface area contributed by atoms with Crippen molar-refractivity contribution in [1.82, 2.24) is 9.80 Å². The van der Waals surface area contributed by atoms with Gasteiger partial charge in [0.15, 0.2) is 0 Å². The van der Waals surface area contributed by atoms with Crippen LogP contribution in [-0.2, 0) is 20.8 Å². The quantitative estimate of drug-likeness (QED) is 0.639. The number of rotatable bonds is 7. The van der Waals surface area contributed by atoms with Crippen LogP contribution in [0.25, 0.3) is 0 Å². The first kappa shape index (κ1) is 21.0. The van der Waals surface area contributed by atoms with E-state index in [1.54, 1.807) is 12.1 Å². The molecule has 0 bridgehead atoms. The van der Waals surface area contributed by atoms with Crippen LogP contribution in [0.3, 0.4) is 0 Å². The molecule has 2 aliphatic carbocycles. The number of imide groups is 1. The topological polar surface area (TPSA) is 57.7 Å². The highest BCUT2D eigenvalue weighted by atomic mass is 19.1. The Kier molecular flexibility index (Phi) is 6.49. The molecule has 0 N–H and O–H groups in total. The molecule has 1 saturated heterocycles. The molecule has 0 radical (unpaired) electrons. The summed E-state index contributed by atoms with van der Waals surface area (Å²) in [7, 11) is 0. The normalized spacial score (nSPS) is 24.4. The Morgan fingerprint density at radius 3 is 2.10 bits per heavy atom. The Balaban J connectivity index is 1.37. The molecule has 6 heteroatoms. The van der Waals surface area contributed by atoms with E-state index in [9.17, 15) is 18.8 Å². The lowest BCUT2D eigenvalue weighted by Crippen LogP contribution is -2.42. The van der Waals surface area contributed by atoms with Crippen LogP contribution in [-0.4, -0.2) is 46.7 Å². The number of carbonyl (C=O) groups excluding carboxylic acids is 3. The predicted octanol–water partition coefficient (Wildman–Crippen LogP) is 3.70. The largest absolute Gasteiger partial charge is 0.339 e. The van der Waals surface area contributed by atoms with E-state index in [0.717, 1.165) is 56.9 Å². The third-order valence-corrected chi connectivity index (χ3v) is 7.12. The molecule has 1 aromatic rings. The van der Waals surface area contributed by atoms with Crippen molar-refractivity contribution in [2.24, 2.45) is 11.8 Å². The molecule has 0 aromatic heterocycles. The minimum atomic E-state index is -0.261. The van der Waals surface area contributed by atoms with Gasteiger partial charge in [0.1, 0.15) is 5.82 Å². The van der Waals surface area contributed by atoms with E-state index < -0.39 is 0 Å². The molecular formula is C24H31FN2O3. The molecule has 3 amide bonds. The van der Waals surface area contributed by atoms with Crippen molar-refractivity contribution in [1.29, 1.82) is 0 Å². The molecule has 2 atom stereocenters. The highest BCUT2D eigenvalue weighted by molar-refractivity contribution is 6.05. The monoisotopic (exact) mass is 414 g/mol. The van der Waals surface area contributed by atoms with Crippen LogP contribution in [0.2, 0.25) is 0 Å². The first-order valence-electron chi connectivity index (χ1n) is 11.4. The van der Waals surface area contributed by atoms with Gasteiger partial charge in [0.05, 0.1) is 11.8 Å². The van der Waals surface area contributed by atoms with E-state index in [2.05, 4.69) is 0 Å². The summed E-state index contributed by atoms with van der Waals surface area (Å²) in [5.74, 6) is -0.716. The second-order valence-electron chi connectivity index (χ2n) is 8.98. The minimum Gasteiger partial charge on any atom is -0.339 e. The van der Waals surface area contributed by atoms with Crippen molar-refractivity contribution in [3.05, 3.63) is 35.6 Å². The van der Waals surface area contributed by atoms with Gasteiger partial charge in [-0.2, -0.15) is 0 Å². The maximum Gasteiger partial charge on any atom is 0.233 e. The summed E-state index contributed by atoms with van der Waals surface area (Å²) in [5.41, 5.74) is 1.00. The number of halogens is 1. The SMILES string of the molecule is O=C1C2CCCCC2C(=O)N1CCC(=O)N(CCc1ccc(F)cc1)C1CCCC1. The highest BCUT2D eigenvalue weighted by Gasteiger charge is 2.48. The van der Waals surface area contributed by atoms with Crippen molar-refractivity contribution in [3.63, 3.8) is 0 Å². The van der Waals surface area contributed by atoms with Gasteiger partial charge in [0, 0.05) is 25.6 Å². The highest BCUT2D eigenvalue weighted by Crippen LogP contribution is 2.38. The lowest BCUT2D eigenvalue weighted by Gasteiger charge is -2.30. The van der Waals surface area contributed by atoms with Crippen molar-refractivity contribution in [2.45, 2.75) is 70.3 Å². The molecule has 1 heterocycles. The molecule has 4 rings (SSSR count). The smallest absolute Gasteiger partial charge is 0.233 e. The second-order valence-corrected chi connectivity index (χ2v) is 8.98. The van der Waals surface area contributed by atoms with Gasteiger partial charge in [-0.15, -0.1) is 0 Å². The molecule has 2 saturated carbocycles. The van der Waals surface area contributed by atoms with E-state index in [-0.39, 0.29) is 54.4 Å². The van der Waals surface area contributed by atoms with Crippen molar-refractivity contribution in [2.75, 3.05) is 13.1 Å². The van der Waals surface area contributed by atoms with Gasteiger partial charge in [0.25, 0.3) is 0 Å². The summed E-state index contributed by atoms with van der Waals surface area (Å²) in [6.07, 6.45) is 8.72. The van der Waals surface area contributed by atoms with E-state index in [1.165, 1.54) is 17.0 Å². The molecule has 3 aliphatic rings. The number of likely N-dealkylation sites (tertiary alicyclic amines) is 1. The Labute approximate surface area is 177 Å². The van der Waals surface area contributed by atoms with Gasteiger partial charge in [-0.25, -0.2) is 4.39 Å². The van der Waals surface area contributed by atoms with Crippen molar-refractivity contribution >= 4 is 17.7 Å². The predicted molar refractivity (Wildman–Crippen MR) is 111 cm³/mol. The third kappa shape index (κ3) is 4.42. The Morgan fingerprint density at radius 1 is 0.933 bits per heavy atom. The zero-order valence-corrected chi connectivity index (χ0v) is 17.5. The number of hydrogen-bond donors (Lipinski definition) is 0. The Bertz CT molecular complexity index is 764. The summed E-state index contributed by atoms with van der Waals surface area (Å²) in [5, 5.41) is 0. The number of carbonyl (C=O) groups is 3. The zero-order chi connectivity index (χ0) is 21.1. The molecular weight excluding hydrogens is 383 g/mol. The van der Waals surface area contributed by atoms with Gasteiger partial charge in [-0.3, -0.25) is 19.3 Å². The molecule has 2 unspecified atom stereocenters. The average Bonchev–Trinajstić information content (AvgIpc) is 3.36. The second kappa shape index (κ2) is 9.27. The molecule has 5 nitrogen and oxygen atoms in total. The Hall–Kier alpha value is -2.24. The molecule has 3 fully saturated rings. The maximum atomic E-state index is 13.2. The first-order chi connectivity index (χ1) is 14.5. The molecule has 0 spiro atoms. The number of hydrogen-bond acceptors (Lipinski definition) is 3. The van der Waals surface area contributed by atoms with Crippen LogP contribution >= 0.6 is 0 Å². The molecule has 1 aromatic carbocycles. The standard InChI is InChI=1S/C24H31FN2O3/c25-18-11-9-17(10-12-18)13-15-26(19-5-1-2-6-19)22(28)14-16-27-23(29)20-7-3-4-8-21(20)24(27)30/h9-12,19-21H,1-8,13-16H2. The van der Waals surface area contributed by atoms with Gasteiger partial charge in [0.2, 0.25) is 17.7 Å². The summed E-state index contributed by atoms with van der Waals surface area (Å²) >= 11 is 0. The van der Waals surface area contributed by atoms with Crippen LogP contribution < -0.4 is 0 Å². The first-order valence-corrected chi connectivity index (χ1v) is 11.4. The van der Waals surface area contributed by atoms with E-state index in [4.69, 9.17) is 0 Å². The molecule has 30 heavy (non-hydrogen) atoms. The van der Waals surface area contributed by atoms with E-state index in [1.807, 2.05) is 4.90 Å². The zero-order valence-electron chi connectivity index (χ0n) is 17.5. The van der Waals surface area contributed by atoms with Crippen LogP contribution in [0.5, 0.6) is 0 Å². The number of nitrogens with zero attached hydrogens (tertiary/aromatic N) is 2. The number of amides is 3. The van der Waals surface area contributed by atoms with Crippen LogP contribution in [0.15, 0.2) is 24.3 Å². The average molecular weight is 415 g/mol. The summed E-state index contributed by atoms with van der Waals surface area (Å²) in [4.78, 5) is 41.8. The fraction of sp³-hybridized carbons (Fsp3) is 0.625. The molecule has 162 valence electrons. The number of fused-ring (bicyclic) bond motifs is 1. The fourth-order valence-electron chi connectivity index (χ4n) is 5.43. The number of benzene rings is 1. The summed E-state index contributed by atoms with van der Waals surface area (Å²) in [6.45, 7) is 0.783. The third-order valence-electron chi connectivity index (χ3n) is 7.12. The van der Waals surface area contributed by atoms with Gasteiger partial charge in [-0.05, 0) is 49.8 Å². The minimum absolute atomic E-state index is 0.0134. The summed E-state index contributed by atoms with van der Waals surface area (Å²) < 4.78 is 13.2. The van der Waals surface area contributed by atoms with Crippen molar-refractivity contribution in [3.8, 4) is 0 Å². The van der Waals surface area contributed by atoms with Gasteiger partial charge in [-0.1, -0.05) is 37.8 Å².